The Hall–Kier alpha value is -1.76. The first-order valence-electron chi connectivity index (χ1n) is 6.69. The Morgan fingerprint density at radius 1 is 1.33 bits per heavy atom. The number of halogens is 3. The van der Waals surface area contributed by atoms with Crippen molar-refractivity contribution in [3.05, 3.63) is 29.3 Å². The Morgan fingerprint density at radius 2 is 1.95 bits per heavy atom. The minimum absolute atomic E-state index is 0.0413. The summed E-state index contributed by atoms with van der Waals surface area (Å²) in [6.45, 7) is 5.79. The van der Waals surface area contributed by atoms with Crippen LogP contribution in [0.3, 0.4) is 0 Å². The number of nitrogen functional groups attached to an aromatic ring is 1. The van der Waals surface area contributed by atoms with Crippen molar-refractivity contribution in [2.45, 2.75) is 39.4 Å². The maximum atomic E-state index is 12.9. The van der Waals surface area contributed by atoms with E-state index in [-0.39, 0.29) is 23.2 Å². The van der Waals surface area contributed by atoms with E-state index in [9.17, 15) is 18.0 Å². The number of anilines is 1. The van der Waals surface area contributed by atoms with Crippen molar-refractivity contribution in [1.29, 1.82) is 0 Å². The van der Waals surface area contributed by atoms with Crippen molar-refractivity contribution in [2.24, 2.45) is 11.8 Å². The average Bonchev–Trinajstić information content (AvgIpc) is 2.42. The van der Waals surface area contributed by atoms with Crippen molar-refractivity contribution in [3.8, 4) is 0 Å². The highest BCUT2D eigenvalue weighted by Gasteiger charge is 2.34. The van der Waals surface area contributed by atoms with Crippen LogP contribution in [0.15, 0.2) is 18.2 Å². The predicted octanol–water partition coefficient (Wildman–Crippen LogP) is 3.16. The molecule has 1 atom stereocenters. The fourth-order valence-electron chi connectivity index (χ4n) is 2.04. The molecule has 0 bridgehead atoms. The average molecular weight is 303 g/mol. The quantitative estimate of drug-likeness (QED) is 0.578. The van der Waals surface area contributed by atoms with Gasteiger partial charge in [-0.15, -0.1) is 0 Å². The third-order valence-electron chi connectivity index (χ3n) is 3.30. The fourth-order valence-corrected chi connectivity index (χ4v) is 2.04. The molecule has 4 N–H and O–H groups in total. The topological polar surface area (TPSA) is 67.2 Å². The first-order chi connectivity index (χ1) is 9.70. The fraction of sp³-hybridized carbons (Fsp3) is 0.500. The van der Waals surface area contributed by atoms with Crippen LogP contribution in [-0.4, -0.2) is 11.9 Å². The van der Waals surface area contributed by atoms with Gasteiger partial charge in [0, 0.05) is 11.6 Å². The summed E-state index contributed by atoms with van der Waals surface area (Å²) < 4.78 is 38.7. The van der Waals surface area contributed by atoms with Gasteiger partial charge >= 0.3 is 6.18 Å². The number of nitrogens with two attached hydrogens (primary N) is 1. The van der Waals surface area contributed by atoms with Crippen LogP contribution >= 0.6 is 0 Å². The number of nitrogens with one attached hydrogen (secondary N) is 2. The molecule has 1 rings (SSSR count). The highest BCUT2D eigenvalue weighted by atomic mass is 19.4. The lowest BCUT2D eigenvalue weighted by Gasteiger charge is -2.21. The van der Waals surface area contributed by atoms with E-state index in [1.54, 1.807) is 0 Å². The number of benzene rings is 1. The van der Waals surface area contributed by atoms with Gasteiger partial charge < -0.3 is 10.7 Å². The molecule has 0 spiro atoms. The molecule has 21 heavy (non-hydrogen) atoms. The molecule has 1 aromatic rings. The summed E-state index contributed by atoms with van der Waals surface area (Å²) >= 11 is 0. The molecule has 0 radical (unpaired) electrons. The summed E-state index contributed by atoms with van der Waals surface area (Å²) in [6, 6.07) is 3.18. The maximum Gasteiger partial charge on any atom is 0.418 e. The molecule has 0 aliphatic carbocycles. The SMILES string of the molecule is CCC(NC(=O)c1ccc(NN)c(C(F)(F)F)c1)C(C)C. The Labute approximate surface area is 121 Å². The molecule has 1 aromatic carbocycles. The predicted molar refractivity (Wildman–Crippen MR) is 75.6 cm³/mol. The molecule has 0 aliphatic rings. The molecule has 1 amide bonds. The van der Waals surface area contributed by atoms with Crippen molar-refractivity contribution >= 4 is 11.6 Å². The highest BCUT2D eigenvalue weighted by Crippen LogP contribution is 2.35. The molecule has 118 valence electrons. The molecule has 1 unspecified atom stereocenters. The summed E-state index contributed by atoms with van der Waals surface area (Å²) in [5, 5.41) is 2.74. The molecule has 0 saturated carbocycles. The summed E-state index contributed by atoms with van der Waals surface area (Å²) in [4.78, 5) is 12.1. The second-order valence-electron chi connectivity index (χ2n) is 5.13. The van der Waals surface area contributed by atoms with Crippen molar-refractivity contribution in [1.82, 2.24) is 5.32 Å². The Balaban J connectivity index is 3.06. The van der Waals surface area contributed by atoms with E-state index in [0.29, 0.717) is 6.42 Å². The van der Waals surface area contributed by atoms with Crippen molar-refractivity contribution in [3.63, 3.8) is 0 Å². The van der Waals surface area contributed by atoms with Crippen LogP contribution in [0, 0.1) is 5.92 Å². The van der Waals surface area contributed by atoms with E-state index in [2.05, 4.69) is 5.32 Å². The van der Waals surface area contributed by atoms with Crippen LogP contribution in [0.1, 0.15) is 43.1 Å². The van der Waals surface area contributed by atoms with Gasteiger partial charge in [0.2, 0.25) is 0 Å². The van der Waals surface area contributed by atoms with Crippen LogP contribution in [0.4, 0.5) is 18.9 Å². The maximum absolute atomic E-state index is 12.9. The zero-order valence-corrected chi connectivity index (χ0v) is 12.2. The molecule has 0 aliphatic heterocycles. The molecule has 0 fully saturated rings. The number of hydrogen-bond donors (Lipinski definition) is 3. The van der Waals surface area contributed by atoms with Crippen molar-refractivity contribution < 1.29 is 18.0 Å². The van der Waals surface area contributed by atoms with E-state index in [4.69, 9.17) is 5.84 Å². The minimum Gasteiger partial charge on any atom is -0.349 e. The van der Waals surface area contributed by atoms with Gasteiger partial charge in [0.25, 0.3) is 5.91 Å². The summed E-state index contributed by atoms with van der Waals surface area (Å²) in [6.07, 6.45) is -3.88. The number of alkyl halides is 3. The largest absolute Gasteiger partial charge is 0.418 e. The standard InChI is InChI=1S/C14H20F3N3O/c1-4-11(8(2)3)19-13(21)9-5-6-12(20-18)10(7-9)14(15,16)17/h5-8,11,20H,4,18H2,1-3H3,(H,19,21). The first kappa shape index (κ1) is 17.3. The number of amides is 1. The van der Waals surface area contributed by atoms with Gasteiger partial charge in [-0.1, -0.05) is 20.8 Å². The normalized spacial score (nSPS) is 13.1. The number of carbonyl (C=O) groups excluding carboxylic acids is 1. The Bertz CT molecular complexity index is 501. The molecule has 7 heteroatoms. The van der Waals surface area contributed by atoms with Crippen LogP contribution < -0.4 is 16.6 Å². The van der Waals surface area contributed by atoms with Gasteiger partial charge in [0.15, 0.2) is 0 Å². The van der Waals surface area contributed by atoms with Crippen molar-refractivity contribution in [2.75, 3.05) is 5.43 Å². The van der Waals surface area contributed by atoms with E-state index < -0.39 is 17.6 Å². The van der Waals surface area contributed by atoms with Gasteiger partial charge in [-0.25, -0.2) is 0 Å². The zero-order chi connectivity index (χ0) is 16.2. The summed E-state index contributed by atoms with van der Waals surface area (Å²) in [7, 11) is 0. The van der Waals surface area contributed by atoms with E-state index in [1.807, 2.05) is 26.2 Å². The van der Waals surface area contributed by atoms with Gasteiger partial charge in [-0.05, 0) is 30.5 Å². The van der Waals surface area contributed by atoms with Crippen LogP contribution in [-0.2, 0) is 6.18 Å². The number of hydrogen-bond acceptors (Lipinski definition) is 3. The van der Waals surface area contributed by atoms with Gasteiger partial charge in [-0.2, -0.15) is 13.2 Å². The van der Waals surface area contributed by atoms with Crippen LogP contribution in [0.5, 0.6) is 0 Å². The van der Waals surface area contributed by atoms with Gasteiger partial charge in [-0.3, -0.25) is 10.6 Å². The summed E-state index contributed by atoms with van der Waals surface area (Å²) in [5.74, 6) is 4.74. The number of carbonyl (C=O) groups is 1. The monoisotopic (exact) mass is 303 g/mol. The Kier molecular flexibility index (Phi) is 5.60. The lowest BCUT2D eigenvalue weighted by Crippen LogP contribution is -2.38. The third-order valence-corrected chi connectivity index (χ3v) is 3.30. The van der Waals surface area contributed by atoms with Gasteiger partial charge in [0.1, 0.15) is 0 Å². The molecule has 4 nitrogen and oxygen atoms in total. The second kappa shape index (κ2) is 6.80. The Morgan fingerprint density at radius 3 is 2.38 bits per heavy atom. The molecule has 0 heterocycles. The van der Waals surface area contributed by atoms with E-state index in [0.717, 1.165) is 12.1 Å². The molecule has 0 aromatic heterocycles. The number of hydrazine groups is 1. The number of rotatable bonds is 5. The summed E-state index contributed by atoms with van der Waals surface area (Å²) in [5.41, 5.74) is 0.714. The smallest absolute Gasteiger partial charge is 0.349 e. The molecule has 0 saturated heterocycles. The van der Waals surface area contributed by atoms with Crippen LogP contribution in [0.25, 0.3) is 0 Å². The van der Waals surface area contributed by atoms with E-state index in [1.165, 1.54) is 6.07 Å². The van der Waals surface area contributed by atoms with Crippen LogP contribution in [0.2, 0.25) is 0 Å². The minimum atomic E-state index is -4.58. The van der Waals surface area contributed by atoms with Gasteiger partial charge in [0.05, 0.1) is 11.3 Å². The lowest BCUT2D eigenvalue weighted by molar-refractivity contribution is -0.137. The second-order valence-corrected chi connectivity index (χ2v) is 5.13. The highest BCUT2D eigenvalue weighted by molar-refractivity contribution is 5.95. The first-order valence-corrected chi connectivity index (χ1v) is 6.69. The van der Waals surface area contributed by atoms with E-state index >= 15 is 0 Å². The zero-order valence-electron chi connectivity index (χ0n) is 12.2. The lowest BCUT2D eigenvalue weighted by atomic mass is 10.0. The molecular formula is C14H20F3N3O. The third kappa shape index (κ3) is 4.35. The molecular weight excluding hydrogens is 283 g/mol.